The van der Waals surface area contributed by atoms with Gasteiger partial charge in [-0.3, -0.25) is 0 Å². The van der Waals surface area contributed by atoms with Gasteiger partial charge in [-0.2, -0.15) is 0 Å². The molecule has 4 heteroatoms. The molecule has 0 fully saturated rings. The minimum atomic E-state index is -0.195. The summed E-state index contributed by atoms with van der Waals surface area (Å²) in [4.78, 5) is 0. The highest BCUT2D eigenvalue weighted by Gasteiger charge is 2.26. The molecule has 0 aliphatic rings. The summed E-state index contributed by atoms with van der Waals surface area (Å²) < 4.78 is 5.75. The van der Waals surface area contributed by atoms with Gasteiger partial charge in [-0.1, -0.05) is 113 Å². The van der Waals surface area contributed by atoms with Crippen molar-refractivity contribution >= 4 is 32.9 Å². The number of rotatable bonds is 19. The largest absolute Gasteiger partial charge is 0.376 e. The number of nitrogens with two attached hydrogens (primary N) is 1. The van der Waals surface area contributed by atoms with E-state index in [1.54, 1.807) is 0 Å². The zero-order valence-corrected chi connectivity index (χ0v) is 21.2. The van der Waals surface area contributed by atoms with Crippen LogP contribution in [0.2, 0.25) is 0 Å². The Morgan fingerprint density at radius 2 is 1.19 bits per heavy atom. The first-order valence-corrected chi connectivity index (χ1v) is 12.1. The fraction of sp³-hybridized carbons (Fsp3) is 1.00. The maximum absolute atomic E-state index is 6.41. The third kappa shape index (κ3) is 18.3. The van der Waals surface area contributed by atoms with Crippen molar-refractivity contribution in [3.05, 3.63) is 0 Å². The summed E-state index contributed by atoms with van der Waals surface area (Å²) in [5, 5.41) is 0.881. The summed E-state index contributed by atoms with van der Waals surface area (Å²) in [5.41, 5.74) is 6.21. The zero-order valence-electron chi connectivity index (χ0n) is 17.9. The maximum Gasteiger partial charge on any atom is 0.0724 e. The highest BCUT2D eigenvalue weighted by Crippen LogP contribution is 2.20. The molecule has 2 nitrogen and oxygen atoms in total. The summed E-state index contributed by atoms with van der Waals surface area (Å²) >= 11 is 3.40. The van der Waals surface area contributed by atoms with Crippen LogP contribution in [0.3, 0.4) is 0 Å². The fourth-order valence-electron chi connectivity index (χ4n) is 3.32. The Balaban J connectivity index is 0. The van der Waals surface area contributed by atoms with Crippen LogP contribution in [0.25, 0.3) is 0 Å². The Bertz CT molecular complexity index is 275. The van der Waals surface area contributed by atoms with Gasteiger partial charge in [0, 0.05) is 10.9 Å². The lowest BCUT2D eigenvalue weighted by Gasteiger charge is -2.31. The minimum absolute atomic E-state index is 0. The Labute approximate surface area is 183 Å². The second-order valence-electron chi connectivity index (χ2n) is 8.05. The van der Waals surface area contributed by atoms with Crippen LogP contribution in [0.15, 0.2) is 0 Å². The minimum Gasteiger partial charge on any atom is -0.376 e. The van der Waals surface area contributed by atoms with Crippen LogP contribution < -0.4 is 5.73 Å². The van der Waals surface area contributed by atoms with Gasteiger partial charge in [0.25, 0.3) is 0 Å². The first-order valence-electron chi connectivity index (χ1n) is 11.0. The van der Waals surface area contributed by atoms with Gasteiger partial charge >= 0.3 is 0 Å². The molecule has 0 bridgehead atoms. The lowest BCUT2D eigenvalue weighted by Crippen LogP contribution is -2.48. The molecule has 160 valence electrons. The first-order chi connectivity index (χ1) is 12.0. The van der Waals surface area contributed by atoms with Crippen molar-refractivity contribution in [2.45, 2.75) is 129 Å². The monoisotopic (exact) mass is 499 g/mol. The SMILES string of the molecule is Br.CCCCCCCCCCCCCCCCC(C)(N)C(C)OCCBr. The molecule has 0 amide bonds. The normalized spacial score (nSPS) is 14.7. The fourth-order valence-corrected chi connectivity index (χ4v) is 3.50. The zero-order chi connectivity index (χ0) is 18.8. The average molecular weight is 501 g/mol. The second-order valence-corrected chi connectivity index (χ2v) is 8.85. The van der Waals surface area contributed by atoms with Gasteiger partial charge in [0.05, 0.1) is 12.7 Å². The number of halogens is 2. The molecule has 0 rings (SSSR count). The third-order valence-corrected chi connectivity index (χ3v) is 5.77. The van der Waals surface area contributed by atoms with Gasteiger partial charge in [0.1, 0.15) is 0 Å². The van der Waals surface area contributed by atoms with E-state index >= 15 is 0 Å². The number of alkyl halides is 1. The van der Waals surface area contributed by atoms with Gasteiger partial charge in [-0.25, -0.2) is 0 Å². The predicted molar refractivity (Wildman–Crippen MR) is 127 cm³/mol. The summed E-state index contributed by atoms with van der Waals surface area (Å²) in [6.07, 6.45) is 20.8. The van der Waals surface area contributed by atoms with E-state index in [0.29, 0.717) is 0 Å². The van der Waals surface area contributed by atoms with Crippen molar-refractivity contribution in [2.75, 3.05) is 11.9 Å². The van der Waals surface area contributed by atoms with E-state index in [-0.39, 0.29) is 28.6 Å². The van der Waals surface area contributed by atoms with Crippen molar-refractivity contribution in [3.63, 3.8) is 0 Å². The standard InChI is InChI=1S/C22H46BrNO.BrH/c1-4-5-6-7-8-9-10-11-12-13-14-15-16-17-18-22(3,24)21(2)25-20-19-23;/h21H,4-20,24H2,1-3H3;1H. The molecule has 26 heavy (non-hydrogen) atoms. The molecule has 0 radical (unpaired) electrons. The molecular weight excluding hydrogens is 454 g/mol. The highest BCUT2D eigenvalue weighted by molar-refractivity contribution is 9.09. The highest BCUT2D eigenvalue weighted by atomic mass is 79.9. The van der Waals surface area contributed by atoms with Gasteiger partial charge in [0.15, 0.2) is 0 Å². The molecule has 0 saturated heterocycles. The number of unbranched alkanes of at least 4 members (excludes halogenated alkanes) is 13. The Hall–Kier alpha value is 0.880. The molecule has 2 unspecified atom stereocenters. The molecule has 0 aromatic carbocycles. The molecule has 0 saturated carbocycles. The van der Waals surface area contributed by atoms with E-state index in [9.17, 15) is 0 Å². The van der Waals surface area contributed by atoms with Crippen LogP contribution in [-0.4, -0.2) is 23.6 Å². The van der Waals surface area contributed by atoms with Crippen molar-refractivity contribution in [2.24, 2.45) is 5.73 Å². The van der Waals surface area contributed by atoms with Crippen LogP contribution in [0.4, 0.5) is 0 Å². The number of hydrogen-bond acceptors (Lipinski definition) is 2. The van der Waals surface area contributed by atoms with Crippen molar-refractivity contribution in [3.8, 4) is 0 Å². The second kappa shape index (κ2) is 20.6. The lowest BCUT2D eigenvalue weighted by molar-refractivity contribution is 0.0225. The summed E-state index contributed by atoms with van der Waals surface area (Å²) in [7, 11) is 0. The van der Waals surface area contributed by atoms with Gasteiger partial charge in [-0.05, 0) is 20.3 Å². The van der Waals surface area contributed by atoms with Crippen LogP contribution in [0, 0.1) is 0 Å². The smallest absolute Gasteiger partial charge is 0.0724 e. The predicted octanol–water partition coefficient (Wildman–Crippen LogP) is 7.95. The Morgan fingerprint density at radius 3 is 1.58 bits per heavy atom. The number of hydrogen-bond donors (Lipinski definition) is 1. The van der Waals surface area contributed by atoms with Crippen LogP contribution in [0.5, 0.6) is 0 Å². The van der Waals surface area contributed by atoms with E-state index in [1.807, 2.05) is 0 Å². The van der Waals surface area contributed by atoms with E-state index in [0.717, 1.165) is 18.4 Å². The number of ether oxygens (including phenoxy) is 1. The Kier molecular flexibility index (Phi) is 23.1. The van der Waals surface area contributed by atoms with Crippen LogP contribution in [-0.2, 0) is 4.74 Å². The van der Waals surface area contributed by atoms with E-state index in [4.69, 9.17) is 10.5 Å². The summed E-state index contributed by atoms with van der Waals surface area (Å²) in [5.74, 6) is 0. The molecular formula is C22H47Br2NO. The van der Waals surface area contributed by atoms with E-state index < -0.39 is 0 Å². The maximum atomic E-state index is 6.41. The van der Waals surface area contributed by atoms with Crippen molar-refractivity contribution in [1.29, 1.82) is 0 Å². The van der Waals surface area contributed by atoms with Gasteiger partial charge < -0.3 is 10.5 Å². The summed E-state index contributed by atoms with van der Waals surface area (Å²) in [6.45, 7) is 7.27. The molecule has 2 N–H and O–H groups in total. The summed E-state index contributed by atoms with van der Waals surface area (Å²) in [6, 6.07) is 0. The Morgan fingerprint density at radius 1 is 0.808 bits per heavy atom. The molecule has 2 atom stereocenters. The molecule has 0 aliphatic heterocycles. The average Bonchev–Trinajstić information content (AvgIpc) is 2.59. The molecule has 0 aromatic rings. The topological polar surface area (TPSA) is 35.2 Å². The molecule has 0 heterocycles. The molecule has 0 aliphatic carbocycles. The third-order valence-electron chi connectivity index (χ3n) is 5.44. The van der Waals surface area contributed by atoms with Gasteiger partial charge in [-0.15, -0.1) is 17.0 Å². The van der Waals surface area contributed by atoms with Crippen molar-refractivity contribution in [1.82, 2.24) is 0 Å². The lowest BCUT2D eigenvalue weighted by atomic mass is 9.90. The van der Waals surface area contributed by atoms with E-state index in [1.165, 1.54) is 89.9 Å². The first kappa shape index (κ1) is 29.1. The van der Waals surface area contributed by atoms with Crippen LogP contribution >= 0.6 is 32.9 Å². The van der Waals surface area contributed by atoms with Crippen molar-refractivity contribution < 1.29 is 4.74 Å². The van der Waals surface area contributed by atoms with Gasteiger partial charge in [0.2, 0.25) is 0 Å². The molecule has 0 spiro atoms. The molecule has 0 aromatic heterocycles. The van der Waals surface area contributed by atoms with Crippen LogP contribution in [0.1, 0.15) is 117 Å². The quantitative estimate of drug-likeness (QED) is 0.144. The van der Waals surface area contributed by atoms with E-state index in [2.05, 4.69) is 36.7 Å².